The topological polar surface area (TPSA) is 78.9 Å². The van der Waals surface area contributed by atoms with Crippen LogP contribution in [0.25, 0.3) is 0 Å². The van der Waals surface area contributed by atoms with Crippen LogP contribution >= 0.6 is 0 Å². The first-order chi connectivity index (χ1) is 9.15. The number of carbonyl (C=O) groups excluding carboxylic acids is 1. The third kappa shape index (κ3) is 9.61. The molecular formula is C14H28N2O4. The molecule has 0 fully saturated rings. The molecule has 0 aromatic carbocycles. The standard InChI is InChI=1S/C14H28N2O4/c1-6-16(5)10-8-7-9-11(12(17)18)15-13(19)20-14(2,3)4/h11H,6-10H2,1-5H3,(H,15,19)(H,17,18)/t11-/m0/s1. The van der Waals surface area contributed by atoms with Gasteiger partial charge in [0, 0.05) is 0 Å². The quantitative estimate of drug-likeness (QED) is 0.669. The summed E-state index contributed by atoms with van der Waals surface area (Å²) in [5, 5.41) is 11.5. The molecule has 0 radical (unpaired) electrons. The Hall–Kier alpha value is -1.30. The van der Waals surface area contributed by atoms with Crippen molar-refractivity contribution in [2.24, 2.45) is 0 Å². The highest BCUT2D eigenvalue weighted by atomic mass is 16.6. The molecule has 0 aliphatic rings. The van der Waals surface area contributed by atoms with Gasteiger partial charge >= 0.3 is 12.1 Å². The highest BCUT2D eigenvalue weighted by molar-refractivity contribution is 5.79. The molecule has 6 nitrogen and oxygen atoms in total. The number of rotatable bonds is 8. The second-order valence-corrected chi connectivity index (χ2v) is 5.93. The number of nitrogens with one attached hydrogen (secondary N) is 1. The van der Waals surface area contributed by atoms with E-state index in [4.69, 9.17) is 9.84 Å². The number of amides is 1. The van der Waals surface area contributed by atoms with E-state index in [2.05, 4.69) is 17.1 Å². The summed E-state index contributed by atoms with van der Waals surface area (Å²) in [5.41, 5.74) is -0.628. The monoisotopic (exact) mass is 288 g/mol. The van der Waals surface area contributed by atoms with Gasteiger partial charge in [-0.25, -0.2) is 9.59 Å². The van der Waals surface area contributed by atoms with Crippen molar-refractivity contribution in [1.82, 2.24) is 10.2 Å². The normalized spacial score (nSPS) is 13.1. The Labute approximate surface area is 121 Å². The molecule has 0 rings (SSSR count). The van der Waals surface area contributed by atoms with Gasteiger partial charge in [0.15, 0.2) is 0 Å². The lowest BCUT2D eigenvalue weighted by molar-refractivity contribution is -0.139. The van der Waals surface area contributed by atoms with Crippen molar-refractivity contribution in [3.63, 3.8) is 0 Å². The summed E-state index contributed by atoms with van der Waals surface area (Å²) >= 11 is 0. The van der Waals surface area contributed by atoms with E-state index in [1.54, 1.807) is 20.8 Å². The van der Waals surface area contributed by atoms with E-state index in [0.29, 0.717) is 6.42 Å². The zero-order valence-corrected chi connectivity index (χ0v) is 13.2. The summed E-state index contributed by atoms with van der Waals surface area (Å²) < 4.78 is 5.06. The molecular weight excluding hydrogens is 260 g/mol. The summed E-state index contributed by atoms with van der Waals surface area (Å²) in [6.07, 6.45) is 1.38. The zero-order valence-electron chi connectivity index (χ0n) is 13.2. The van der Waals surface area contributed by atoms with Crippen LogP contribution in [-0.4, -0.2) is 53.8 Å². The number of alkyl carbamates (subject to hydrolysis) is 1. The molecule has 0 aliphatic carbocycles. The summed E-state index contributed by atoms with van der Waals surface area (Å²) in [6.45, 7) is 9.19. The number of carboxylic acid groups (broad SMARTS) is 1. The summed E-state index contributed by atoms with van der Waals surface area (Å²) in [5.74, 6) is -1.03. The fraction of sp³-hybridized carbons (Fsp3) is 0.857. The molecule has 0 aromatic rings. The van der Waals surface area contributed by atoms with Crippen molar-refractivity contribution < 1.29 is 19.4 Å². The molecule has 2 N–H and O–H groups in total. The van der Waals surface area contributed by atoms with Crippen molar-refractivity contribution in [3.8, 4) is 0 Å². The van der Waals surface area contributed by atoms with Crippen LogP contribution in [0.4, 0.5) is 4.79 Å². The van der Waals surface area contributed by atoms with Crippen LogP contribution in [0, 0.1) is 0 Å². The van der Waals surface area contributed by atoms with Crippen LogP contribution in [0.5, 0.6) is 0 Å². The van der Waals surface area contributed by atoms with Crippen LogP contribution < -0.4 is 5.32 Å². The van der Waals surface area contributed by atoms with Crippen molar-refractivity contribution in [2.75, 3.05) is 20.1 Å². The molecule has 0 aromatic heterocycles. The minimum Gasteiger partial charge on any atom is -0.480 e. The van der Waals surface area contributed by atoms with Crippen molar-refractivity contribution >= 4 is 12.1 Å². The predicted molar refractivity (Wildman–Crippen MR) is 77.8 cm³/mol. The van der Waals surface area contributed by atoms with Crippen LogP contribution in [0.3, 0.4) is 0 Å². The van der Waals surface area contributed by atoms with Gasteiger partial charge in [-0.2, -0.15) is 0 Å². The first kappa shape index (κ1) is 18.7. The largest absolute Gasteiger partial charge is 0.480 e. The third-order valence-corrected chi connectivity index (χ3v) is 2.81. The Kier molecular flexibility index (Phi) is 8.22. The third-order valence-electron chi connectivity index (χ3n) is 2.81. The molecule has 20 heavy (non-hydrogen) atoms. The van der Waals surface area contributed by atoms with Gasteiger partial charge in [0.2, 0.25) is 0 Å². The summed E-state index contributed by atoms with van der Waals surface area (Å²) in [4.78, 5) is 24.8. The van der Waals surface area contributed by atoms with E-state index in [0.717, 1.165) is 25.9 Å². The Morgan fingerprint density at radius 3 is 2.35 bits per heavy atom. The number of carboxylic acids is 1. The average Bonchev–Trinajstić information content (AvgIpc) is 2.29. The second-order valence-electron chi connectivity index (χ2n) is 5.93. The van der Waals surface area contributed by atoms with E-state index in [9.17, 15) is 9.59 Å². The van der Waals surface area contributed by atoms with Gasteiger partial charge in [0.1, 0.15) is 11.6 Å². The maximum absolute atomic E-state index is 11.6. The lowest BCUT2D eigenvalue weighted by Crippen LogP contribution is -2.43. The molecule has 1 atom stereocenters. The van der Waals surface area contributed by atoms with E-state index < -0.39 is 23.7 Å². The minimum absolute atomic E-state index is 0.409. The number of carbonyl (C=O) groups is 2. The lowest BCUT2D eigenvalue weighted by Gasteiger charge is -2.22. The van der Waals surface area contributed by atoms with Gasteiger partial charge in [0.25, 0.3) is 0 Å². The van der Waals surface area contributed by atoms with Gasteiger partial charge in [0.05, 0.1) is 0 Å². The molecule has 0 bridgehead atoms. The number of hydrogen-bond donors (Lipinski definition) is 2. The van der Waals surface area contributed by atoms with Crippen LogP contribution in [0.15, 0.2) is 0 Å². The van der Waals surface area contributed by atoms with Crippen molar-refractivity contribution in [1.29, 1.82) is 0 Å². The van der Waals surface area contributed by atoms with E-state index in [-0.39, 0.29) is 0 Å². The molecule has 118 valence electrons. The average molecular weight is 288 g/mol. The zero-order chi connectivity index (χ0) is 15.8. The fourth-order valence-corrected chi connectivity index (χ4v) is 1.60. The molecule has 0 unspecified atom stereocenters. The number of nitrogens with zero attached hydrogens (tertiary/aromatic N) is 1. The van der Waals surface area contributed by atoms with Crippen LogP contribution in [-0.2, 0) is 9.53 Å². The first-order valence-electron chi connectivity index (χ1n) is 7.06. The Morgan fingerprint density at radius 1 is 1.30 bits per heavy atom. The molecule has 0 saturated heterocycles. The number of unbranched alkanes of at least 4 members (excludes halogenated alkanes) is 1. The van der Waals surface area contributed by atoms with E-state index in [1.807, 2.05) is 7.05 Å². The highest BCUT2D eigenvalue weighted by Gasteiger charge is 2.23. The number of hydrogen-bond acceptors (Lipinski definition) is 4. The molecule has 0 saturated carbocycles. The molecule has 1 amide bonds. The summed E-state index contributed by atoms with van der Waals surface area (Å²) in [7, 11) is 2.02. The molecule has 0 spiro atoms. The highest BCUT2D eigenvalue weighted by Crippen LogP contribution is 2.08. The number of ether oxygens (including phenoxy) is 1. The van der Waals surface area contributed by atoms with Gasteiger partial charge in [-0.3, -0.25) is 0 Å². The predicted octanol–water partition coefficient (Wildman–Crippen LogP) is 2.09. The molecule has 6 heteroatoms. The van der Waals surface area contributed by atoms with Gasteiger partial charge in [-0.05, 0) is 60.2 Å². The molecule has 0 aliphatic heterocycles. The minimum atomic E-state index is -1.03. The van der Waals surface area contributed by atoms with Crippen molar-refractivity contribution in [2.45, 2.75) is 58.6 Å². The smallest absolute Gasteiger partial charge is 0.408 e. The SMILES string of the molecule is CCN(C)CCCC[C@H](NC(=O)OC(C)(C)C)C(=O)O. The van der Waals surface area contributed by atoms with Crippen LogP contribution in [0.2, 0.25) is 0 Å². The molecule has 0 heterocycles. The van der Waals surface area contributed by atoms with E-state index in [1.165, 1.54) is 0 Å². The maximum atomic E-state index is 11.6. The van der Waals surface area contributed by atoms with Gasteiger partial charge in [-0.15, -0.1) is 0 Å². The first-order valence-corrected chi connectivity index (χ1v) is 7.06. The Morgan fingerprint density at radius 2 is 1.90 bits per heavy atom. The fourth-order valence-electron chi connectivity index (χ4n) is 1.60. The maximum Gasteiger partial charge on any atom is 0.408 e. The van der Waals surface area contributed by atoms with Crippen molar-refractivity contribution in [3.05, 3.63) is 0 Å². The van der Waals surface area contributed by atoms with Gasteiger partial charge < -0.3 is 20.1 Å². The Bertz CT molecular complexity index is 313. The second kappa shape index (κ2) is 8.79. The summed E-state index contributed by atoms with van der Waals surface area (Å²) in [6, 6.07) is -0.892. The van der Waals surface area contributed by atoms with Gasteiger partial charge in [-0.1, -0.05) is 6.92 Å². The lowest BCUT2D eigenvalue weighted by atomic mass is 10.1. The Balaban J connectivity index is 4.11. The number of aliphatic carboxylic acids is 1. The van der Waals surface area contributed by atoms with E-state index >= 15 is 0 Å². The van der Waals surface area contributed by atoms with Crippen LogP contribution in [0.1, 0.15) is 47.0 Å².